The summed E-state index contributed by atoms with van der Waals surface area (Å²) in [5.74, 6) is 0. The van der Waals surface area contributed by atoms with E-state index in [2.05, 4.69) is 67.5 Å². The van der Waals surface area contributed by atoms with E-state index in [1.54, 1.807) is 0 Å². The monoisotopic (exact) mass is 298 g/mol. The average molecular weight is 298 g/mol. The zero-order valence-corrected chi connectivity index (χ0v) is 15.4. The number of aryl methyl sites for hydroxylation is 4. The second kappa shape index (κ2) is 5.88. The average Bonchev–Trinajstić information content (AvgIpc) is 2.42. The first kappa shape index (κ1) is 16.2. The first-order valence-corrected chi connectivity index (χ1v) is 8.38. The van der Waals surface area contributed by atoms with Crippen molar-refractivity contribution in [2.45, 2.75) is 65.2 Å². The van der Waals surface area contributed by atoms with E-state index >= 15 is 0 Å². The molecular formula is C20H26S. The molecule has 0 radical (unpaired) electrons. The Kier molecular flexibility index (Phi) is 4.53. The third-order valence-corrected chi connectivity index (χ3v) is 6.44. The second-order valence-electron chi connectivity index (χ2n) is 6.28. The van der Waals surface area contributed by atoms with Crippen LogP contribution < -0.4 is 0 Å². The molecule has 0 aliphatic rings. The van der Waals surface area contributed by atoms with Crippen LogP contribution in [0.2, 0.25) is 0 Å². The smallest absolute Gasteiger partial charge is 0.0183 e. The molecule has 0 aromatic heterocycles. The highest BCUT2D eigenvalue weighted by Crippen LogP contribution is 2.40. The lowest BCUT2D eigenvalue weighted by Crippen LogP contribution is -1.97. The number of hydrogen-bond donors (Lipinski definition) is 0. The Labute approximate surface area is 134 Å². The number of benzene rings is 2. The fourth-order valence-corrected chi connectivity index (χ4v) is 4.19. The van der Waals surface area contributed by atoms with Gasteiger partial charge >= 0.3 is 0 Å². The Balaban J connectivity index is 2.59. The molecule has 2 aromatic rings. The maximum atomic E-state index is 2.32. The van der Waals surface area contributed by atoms with Gasteiger partial charge in [-0.1, -0.05) is 23.9 Å². The van der Waals surface area contributed by atoms with Crippen molar-refractivity contribution in [3.8, 4) is 0 Å². The van der Waals surface area contributed by atoms with Crippen molar-refractivity contribution in [2.75, 3.05) is 0 Å². The Morgan fingerprint density at radius 3 is 1.14 bits per heavy atom. The van der Waals surface area contributed by atoms with Crippen molar-refractivity contribution in [3.63, 3.8) is 0 Å². The molecule has 0 saturated carbocycles. The lowest BCUT2D eigenvalue weighted by Gasteiger charge is -2.19. The molecule has 0 amide bonds. The normalized spacial score (nSPS) is 11.0. The van der Waals surface area contributed by atoms with Gasteiger partial charge in [-0.2, -0.15) is 0 Å². The van der Waals surface area contributed by atoms with Crippen LogP contribution in [0.25, 0.3) is 0 Å². The van der Waals surface area contributed by atoms with Gasteiger partial charge < -0.3 is 0 Å². The quantitative estimate of drug-likeness (QED) is 0.626. The lowest BCUT2D eigenvalue weighted by molar-refractivity contribution is 1.11. The largest absolute Gasteiger partial charge is 0.0890 e. The Morgan fingerprint density at radius 2 is 0.810 bits per heavy atom. The fraction of sp³-hybridized carbons (Fsp3) is 0.400. The van der Waals surface area contributed by atoms with Crippen LogP contribution in [0, 0.1) is 55.4 Å². The second-order valence-corrected chi connectivity index (χ2v) is 7.30. The molecular weight excluding hydrogens is 272 g/mol. The van der Waals surface area contributed by atoms with Crippen LogP contribution in [-0.2, 0) is 0 Å². The Bertz CT molecular complexity index is 647. The Hall–Kier alpha value is -1.21. The predicted molar refractivity (Wildman–Crippen MR) is 94.9 cm³/mol. The highest BCUT2D eigenvalue weighted by Gasteiger charge is 2.14. The minimum absolute atomic E-state index is 1.39. The van der Waals surface area contributed by atoms with Crippen molar-refractivity contribution in [2.24, 2.45) is 0 Å². The zero-order valence-electron chi connectivity index (χ0n) is 14.6. The van der Waals surface area contributed by atoms with E-state index in [-0.39, 0.29) is 0 Å². The van der Waals surface area contributed by atoms with Crippen molar-refractivity contribution in [1.29, 1.82) is 0 Å². The fourth-order valence-electron chi connectivity index (χ4n) is 2.94. The van der Waals surface area contributed by atoms with Crippen molar-refractivity contribution in [3.05, 3.63) is 56.6 Å². The van der Waals surface area contributed by atoms with E-state index in [0.29, 0.717) is 0 Å². The van der Waals surface area contributed by atoms with E-state index in [0.717, 1.165) is 0 Å². The van der Waals surface area contributed by atoms with Crippen LogP contribution in [0.5, 0.6) is 0 Å². The van der Waals surface area contributed by atoms with Gasteiger partial charge in [0, 0.05) is 9.79 Å². The minimum Gasteiger partial charge on any atom is -0.0890 e. The van der Waals surface area contributed by atoms with Gasteiger partial charge in [-0.25, -0.2) is 0 Å². The van der Waals surface area contributed by atoms with Crippen molar-refractivity contribution in [1.82, 2.24) is 0 Å². The summed E-state index contributed by atoms with van der Waals surface area (Å²) in [5.41, 5.74) is 11.2. The van der Waals surface area contributed by atoms with Crippen LogP contribution in [0.15, 0.2) is 21.9 Å². The van der Waals surface area contributed by atoms with Crippen molar-refractivity contribution < 1.29 is 0 Å². The van der Waals surface area contributed by atoms with Gasteiger partial charge in [0.05, 0.1) is 0 Å². The lowest BCUT2D eigenvalue weighted by atomic mass is 10.0. The summed E-state index contributed by atoms with van der Waals surface area (Å²) < 4.78 is 0. The standard InChI is InChI=1S/C20H26S/c1-11-9-13(3)19(17(7)15(11)5)21-20-14(4)10-12(2)16(6)18(20)8/h9-10H,1-8H3. The molecule has 0 aliphatic heterocycles. The third-order valence-electron chi connectivity index (χ3n) is 4.78. The number of rotatable bonds is 2. The molecule has 0 N–H and O–H groups in total. The van der Waals surface area contributed by atoms with E-state index in [9.17, 15) is 0 Å². The molecule has 0 fully saturated rings. The molecule has 0 saturated heterocycles. The summed E-state index contributed by atoms with van der Waals surface area (Å²) in [6.45, 7) is 17.8. The topological polar surface area (TPSA) is 0 Å². The van der Waals surface area contributed by atoms with Gasteiger partial charge in [-0.3, -0.25) is 0 Å². The van der Waals surface area contributed by atoms with Crippen LogP contribution in [0.1, 0.15) is 44.5 Å². The zero-order chi connectivity index (χ0) is 15.9. The van der Waals surface area contributed by atoms with Crippen LogP contribution in [-0.4, -0.2) is 0 Å². The first-order valence-electron chi connectivity index (χ1n) is 7.56. The van der Waals surface area contributed by atoms with E-state index < -0.39 is 0 Å². The minimum atomic E-state index is 1.39. The van der Waals surface area contributed by atoms with Crippen LogP contribution in [0.4, 0.5) is 0 Å². The maximum Gasteiger partial charge on any atom is 0.0183 e. The summed E-state index contributed by atoms with van der Waals surface area (Å²) in [6.07, 6.45) is 0. The molecule has 0 heterocycles. The molecule has 2 rings (SSSR count). The van der Waals surface area contributed by atoms with Gasteiger partial charge in [-0.05, 0) is 99.9 Å². The molecule has 0 aliphatic carbocycles. The van der Waals surface area contributed by atoms with E-state index in [1.165, 1.54) is 54.3 Å². The van der Waals surface area contributed by atoms with E-state index in [4.69, 9.17) is 0 Å². The Morgan fingerprint density at radius 1 is 0.476 bits per heavy atom. The van der Waals surface area contributed by atoms with Gasteiger partial charge in [0.15, 0.2) is 0 Å². The van der Waals surface area contributed by atoms with Crippen LogP contribution >= 0.6 is 11.8 Å². The highest BCUT2D eigenvalue weighted by atomic mass is 32.2. The summed E-state index contributed by atoms with van der Waals surface area (Å²) in [4.78, 5) is 2.85. The molecule has 0 unspecified atom stereocenters. The van der Waals surface area contributed by atoms with Gasteiger partial charge in [0.2, 0.25) is 0 Å². The van der Waals surface area contributed by atoms with Gasteiger partial charge in [0.25, 0.3) is 0 Å². The molecule has 0 spiro atoms. The predicted octanol–water partition coefficient (Wildman–Crippen LogP) is 6.31. The summed E-state index contributed by atoms with van der Waals surface area (Å²) >= 11 is 1.94. The molecule has 0 bridgehead atoms. The van der Waals surface area contributed by atoms with Gasteiger partial charge in [-0.15, -0.1) is 0 Å². The molecule has 112 valence electrons. The number of hydrogen-bond acceptors (Lipinski definition) is 1. The van der Waals surface area contributed by atoms with Gasteiger partial charge in [0.1, 0.15) is 0 Å². The highest BCUT2D eigenvalue weighted by molar-refractivity contribution is 7.99. The molecule has 1 heteroatoms. The maximum absolute atomic E-state index is 2.32. The third kappa shape index (κ3) is 2.89. The van der Waals surface area contributed by atoms with Crippen molar-refractivity contribution >= 4 is 11.8 Å². The summed E-state index contributed by atoms with van der Waals surface area (Å²) in [6, 6.07) is 4.63. The summed E-state index contributed by atoms with van der Waals surface area (Å²) in [7, 11) is 0. The molecule has 2 aromatic carbocycles. The molecule has 21 heavy (non-hydrogen) atoms. The van der Waals surface area contributed by atoms with Crippen LogP contribution in [0.3, 0.4) is 0 Å². The van der Waals surface area contributed by atoms with E-state index in [1.807, 2.05) is 11.8 Å². The summed E-state index contributed by atoms with van der Waals surface area (Å²) in [5, 5.41) is 0. The molecule has 0 atom stereocenters. The SMILES string of the molecule is Cc1cc(C)c(Sc2c(C)cc(C)c(C)c2C)c(C)c1C. The molecule has 0 nitrogen and oxygen atoms in total. The first-order chi connectivity index (χ1) is 9.73.